The number of rotatable bonds is 6. The maximum absolute atomic E-state index is 12.0. The molecule has 21 heavy (non-hydrogen) atoms. The van der Waals surface area contributed by atoms with E-state index in [0.29, 0.717) is 18.3 Å². The minimum atomic E-state index is -0.386. The summed E-state index contributed by atoms with van der Waals surface area (Å²) in [6.07, 6.45) is 6.20. The van der Waals surface area contributed by atoms with Crippen LogP contribution in [0.4, 0.5) is 0 Å². The second-order valence-electron chi connectivity index (χ2n) is 5.51. The van der Waals surface area contributed by atoms with E-state index >= 15 is 0 Å². The number of amides is 2. The fourth-order valence-electron chi connectivity index (χ4n) is 2.90. The van der Waals surface area contributed by atoms with Gasteiger partial charge in [-0.2, -0.15) is 0 Å². The molecule has 1 aromatic rings. The molecule has 2 rings (SSSR count). The van der Waals surface area contributed by atoms with Crippen LogP contribution in [0.15, 0.2) is 18.3 Å². The number of carbonyl (C=O) groups is 2. The molecule has 0 unspecified atom stereocenters. The van der Waals surface area contributed by atoms with Gasteiger partial charge in [0.25, 0.3) is 5.91 Å². The molecule has 116 valence electrons. The molecule has 1 fully saturated rings. The van der Waals surface area contributed by atoms with Crippen LogP contribution in [-0.2, 0) is 11.8 Å². The first kappa shape index (κ1) is 15.7. The largest absolute Gasteiger partial charge is 0.395 e. The quantitative estimate of drug-likeness (QED) is 0.802. The van der Waals surface area contributed by atoms with Gasteiger partial charge in [-0.15, -0.1) is 0 Å². The fourth-order valence-corrected chi connectivity index (χ4v) is 2.90. The van der Waals surface area contributed by atoms with Gasteiger partial charge in [-0.3, -0.25) is 19.8 Å². The second-order valence-corrected chi connectivity index (χ2v) is 5.51. The molecule has 1 saturated carbocycles. The van der Waals surface area contributed by atoms with Crippen LogP contribution < -0.4 is 5.32 Å². The Morgan fingerprint density at radius 3 is 2.71 bits per heavy atom. The van der Waals surface area contributed by atoms with Crippen LogP contribution in [0.3, 0.4) is 0 Å². The van der Waals surface area contributed by atoms with Crippen LogP contribution in [0.1, 0.15) is 36.2 Å². The highest BCUT2D eigenvalue weighted by atomic mass is 16.3. The van der Waals surface area contributed by atoms with Gasteiger partial charge in [0.1, 0.15) is 5.69 Å². The molecule has 0 aromatic carbocycles. The molecular weight excluding hydrogens is 270 g/mol. The van der Waals surface area contributed by atoms with E-state index in [1.54, 1.807) is 29.9 Å². The van der Waals surface area contributed by atoms with E-state index in [2.05, 4.69) is 5.32 Å². The zero-order valence-corrected chi connectivity index (χ0v) is 12.4. The normalized spacial score (nSPS) is 15.6. The summed E-state index contributed by atoms with van der Waals surface area (Å²) in [6, 6.07) is 3.77. The van der Waals surface area contributed by atoms with Crippen molar-refractivity contribution in [3.63, 3.8) is 0 Å². The number of nitrogens with one attached hydrogen (secondary N) is 1. The Labute approximate surface area is 124 Å². The smallest absolute Gasteiger partial charge is 0.274 e. The van der Waals surface area contributed by atoms with Crippen LogP contribution in [0.25, 0.3) is 0 Å². The lowest BCUT2D eigenvalue weighted by Gasteiger charge is -2.27. The zero-order chi connectivity index (χ0) is 15.2. The number of imide groups is 1. The third kappa shape index (κ3) is 4.15. The summed E-state index contributed by atoms with van der Waals surface area (Å²) >= 11 is 0. The Kier molecular flexibility index (Phi) is 5.52. The highest BCUT2D eigenvalue weighted by Crippen LogP contribution is 2.22. The van der Waals surface area contributed by atoms with Crippen LogP contribution in [0, 0.1) is 0 Å². The number of aromatic nitrogens is 1. The zero-order valence-electron chi connectivity index (χ0n) is 12.4. The molecule has 0 aliphatic heterocycles. The topological polar surface area (TPSA) is 74.6 Å². The Morgan fingerprint density at radius 1 is 1.43 bits per heavy atom. The number of hydrogen-bond donors (Lipinski definition) is 2. The van der Waals surface area contributed by atoms with E-state index in [0.717, 1.165) is 25.7 Å². The highest BCUT2D eigenvalue weighted by molar-refractivity contribution is 6.04. The minimum absolute atomic E-state index is 0.0234. The lowest BCUT2D eigenvalue weighted by Crippen LogP contribution is -2.45. The van der Waals surface area contributed by atoms with Gasteiger partial charge in [-0.25, -0.2) is 0 Å². The fraction of sp³-hybridized carbons (Fsp3) is 0.600. The SMILES string of the molecule is Cn1cccc1C(=O)NC(=O)CN(CCO)C1CCCC1. The Hall–Kier alpha value is -1.66. The number of aliphatic hydroxyl groups is 1. The van der Waals surface area contributed by atoms with Gasteiger partial charge in [0.15, 0.2) is 0 Å². The van der Waals surface area contributed by atoms with Gasteiger partial charge < -0.3 is 9.67 Å². The van der Waals surface area contributed by atoms with Crippen molar-refractivity contribution in [1.82, 2.24) is 14.8 Å². The van der Waals surface area contributed by atoms with Gasteiger partial charge in [0, 0.05) is 25.8 Å². The van der Waals surface area contributed by atoms with Crippen molar-refractivity contribution in [1.29, 1.82) is 0 Å². The predicted molar refractivity (Wildman–Crippen MR) is 78.8 cm³/mol. The van der Waals surface area contributed by atoms with Crippen molar-refractivity contribution < 1.29 is 14.7 Å². The summed E-state index contributed by atoms with van der Waals surface area (Å²) in [5.74, 6) is -0.704. The van der Waals surface area contributed by atoms with Crippen molar-refractivity contribution in [2.75, 3.05) is 19.7 Å². The number of aliphatic hydroxyl groups excluding tert-OH is 1. The average Bonchev–Trinajstić information content (AvgIpc) is 3.08. The third-order valence-electron chi connectivity index (χ3n) is 4.00. The van der Waals surface area contributed by atoms with E-state index < -0.39 is 0 Å². The van der Waals surface area contributed by atoms with Crippen molar-refractivity contribution >= 4 is 11.8 Å². The molecule has 6 heteroatoms. The van der Waals surface area contributed by atoms with Gasteiger partial charge in [0.2, 0.25) is 5.91 Å². The lowest BCUT2D eigenvalue weighted by atomic mass is 10.2. The third-order valence-corrected chi connectivity index (χ3v) is 4.00. The number of nitrogens with zero attached hydrogens (tertiary/aromatic N) is 2. The van der Waals surface area contributed by atoms with E-state index in [1.165, 1.54) is 0 Å². The minimum Gasteiger partial charge on any atom is -0.395 e. The van der Waals surface area contributed by atoms with Crippen molar-refractivity contribution in [2.24, 2.45) is 7.05 Å². The molecule has 1 aromatic heterocycles. The van der Waals surface area contributed by atoms with Crippen LogP contribution in [-0.4, -0.2) is 52.1 Å². The maximum Gasteiger partial charge on any atom is 0.274 e. The lowest BCUT2D eigenvalue weighted by molar-refractivity contribution is -0.121. The monoisotopic (exact) mass is 293 g/mol. The molecule has 0 saturated heterocycles. The van der Waals surface area contributed by atoms with E-state index in [1.807, 2.05) is 4.90 Å². The van der Waals surface area contributed by atoms with Gasteiger partial charge in [-0.05, 0) is 25.0 Å². The van der Waals surface area contributed by atoms with E-state index in [9.17, 15) is 9.59 Å². The molecule has 1 aliphatic carbocycles. The molecule has 0 radical (unpaired) electrons. The Bertz CT molecular complexity index is 492. The second kappa shape index (κ2) is 7.38. The number of hydrogen-bond acceptors (Lipinski definition) is 4. The molecule has 0 bridgehead atoms. The van der Waals surface area contributed by atoms with Crippen LogP contribution in [0.2, 0.25) is 0 Å². The summed E-state index contributed by atoms with van der Waals surface area (Å²) in [5.41, 5.74) is 0.456. The standard InChI is InChI=1S/C15H23N3O3/c1-17-8-4-7-13(17)15(21)16-14(20)11-18(9-10-19)12-5-2-3-6-12/h4,7-8,12,19H,2-3,5-6,9-11H2,1H3,(H,16,20,21). The van der Waals surface area contributed by atoms with Crippen molar-refractivity contribution in [2.45, 2.75) is 31.7 Å². The van der Waals surface area contributed by atoms with Crippen LogP contribution in [0.5, 0.6) is 0 Å². The molecule has 0 atom stereocenters. The molecule has 1 heterocycles. The number of carbonyl (C=O) groups excluding carboxylic acids is 2. The molecular formula is C15H23N3O3. The number of aryl methyl sites for hydroxylation is 1. The summed E-state index contributed by atoms with van der Waals surface area (Å²) in [4.78, 5) is 26.0. The molecule has 2 N–H and O–H groups in total. The van der Waals surface area contributed by atoms with E-state index in [-0.39, 0.29) is 25.0 Å². The summed E-state index contributed by atoms with van der Waals surface area (Å²) < 4.78 is 1.67. The Balaban J connectivity index is 1.89. The first-order valence-corrected chi connectivity index (χ1v) is 7.42. The average molecular weight is 293 g/mol. The predicted octanol–water partition coefficient (Wildman–Crippen LogP) is 0.518. The van der Waals surface area contributed by atoms with E-state index in [4.69, 9.17) is 5.11 Å². The molecule has 0 spiro atoms. The molecule has 2 amide bonds. The van der Waals surface area contributed by atoms with Gasteiger partial charge >= 0.3 is 0 Å². The molecule has 1 aliphatic rings. The van der Waals surface area contributed by atoms with Crippen molar-refractivity contribution in [3.8, 4) is 0 Å². The van der Waals surface area contributed by atoms with Gasteiger partial charge in [0.05, 0.1) is 13.2 Å². The van der Waals surface area contributed by atoms with Crippen LogP contribution >= 0.6 is 0 Å². The summed E-state index contributed by atoms with van der Waals surface area (Å²) in [7, 11) is 1.76. The van der Waals surface area contributed by atoms with Gasteiger partial charge in [-0.1, -0.05) is 12.8 Å². The summed E-state index contributed by atoms with van der Waals surface area (Å²) in [6.45, 7) is 0.646. The van der Waals surface area contributed by atoms with Crippen molar-refractivity contribution in [3.05, 3.63) is 24.0 Å². The first-order chi connectivity index (χ1) is 10.1. The first-order valence-electron chi connectivity index (χ1n) is 7.42. The highest BCUT2D eigenvalue weighted by Gasteiger charge is 2.24. The molecule has 6 nitrogen and oxygen atoms in total. The maximum atomic E-state index is 12.0. The summed E-state index contributed by atoms with van der Waals surface area (Å²) in [5, 5.41) is 11.5. The Morgan fingerprint density at radius 2 is 2.14 bits per heavy atom.